The molecule has 3 atom stereocenters. The first-order valence-electron chi connectivity index (χ1n) is 12.0. The van der Waals surface area contributed by atoms with Crippen molar-refractivity contribution in [3.63, 3.8) is 0 Å². The van der Waals surface area contributed by atoms with Gasteiger partial charge in [-0.2, -0.15) is 26.0 Å². The lowest BCUT2D eigenvalue weighted by Crippen LogP contribution is -2.56. The van der Waals surface area contributed by atoms with Gasteiger partial charge in [0.1, 0.15) is 12.2 Å². The van der Waals surface area contributed by atoms with Gasteiger partial charge in [-0.15, -0.1) is 0 Å². The minimum absolute atomic E-state index is 0.0555. The summed E-state index contributed by atoms with van der Waals surface area (Å²) in [6.07, 6.45) is 5.25. The first-order valence-corrected chi connectivity index (χ1v) is 13.4. The molecule has 0 aromatic rings. The van der Waals surface area contributed by atoms with Crippen molar-refractivity contribution in [3.05, 3.63) is 0 Å². The molecule has 0 spiro atoms. The number of carbonyl (C=O) groups excluding carboxylic acids is 2. The largest absolute Gasteiger partial charge is 0.462 e. The minimum atomic E-state index is -6.50. The summed E-state index contributed by atoms with van der Waals surface area (Å²) in [5.41, 5.74) is 0. The van der Waals surface area contributed by atoms with Gasteiger partial charge in [0.15, 0.2) is 0 Å². The fraction of sp³-hybridized carbons (Fsp3) is 0.909. The molecule has 0 saturated heterocycles. The molecule has 3 rings (SSSR count). The Morgan fingerprint density at radius 3 is 1.68 bits per heavy atom. The number of esters is 2. The van der Waals surface area contributed by atoms with E-state index in [1.54, 1.807) is 0 Å². The molecule has 0 heterocycles. The highest BCUT2D eigenvalue weighted by molar-refractivity contribution is 7.87. The topological polar surface area (TPSA) is 107 Å². The van der Waals surface area contributed by atoms with E-state index in [0.717, 1.165) is 38.5 Å². The zero-order chi connectivity index (χ0) is 25.1. The standard InChI is InChI=1S/C22H32F4O7S/c23-21(24,22(25,26)34(29,30)31)18-13-14(19(27)32-15-7-3-1-4-8-15)11-12-17(18)20(28)33-16-9-5-2-6-10-16/h14-18H,1-13H2,(H,29,30,31). The van der Waals surface area contributed by atoms with E-state index in [-0.39, 0.29) is 18.9 Å². The summed E-state index contributed by atoms with van der Waals surface area (Å²) in [6.45, 7) is 0. The lowest BCUT2D eigenvalue weighted by molar-refractivity contribution is -0.220. The molecule has 0 aliphatic heterocycles. The van der Waals surface area contributed by atoms with Crippen LogP contribution in [-0.4, -0.2) is 48.3 Å². The Balaban J connectivity index is 1.81. The molecule has 0 aromatic heterocycles. The van der Waals surface area contributed by atoms with Gasteiger partial charge in [-0.05, 0) is 70.6 Å². The third kappa shape index (κ3) is 5.85. The SMILES string of the molecule is O=C(OC1CCCCC1)C1CCC(C(=O)OC2CCCCC2)C(C(F)(F)C(F)(F)S(=O)(=O)O)C1. The molecule has 3 aliphatic carbocycles. The highest BCUT2D eigenvalue weighted by atomic mass is 32.2. The lowest BCUT2D eigenvalue weighted by Gasteiger charge is -2.40. The van der Waals surface area contributed by atoms with Gasteiger partial charge in [0.2, 0.25) is 0 Å². The molecule has 0 radical (unpaired) electrons. The smallest absolute Gasteiger partial charge is 0.431 e. The molecule has 3 fully saturated rings. The van der Waals surface area contributed by atoms with Crippen LogP contribution in [0.15, 0.2) is 0 Å². The predicted molar refractivity (Wildman–Crippen MR) is 112 cm³/mol. The van der Waals surface area contributed by atoms with Crippen LogP contribution in [0.2, 0.25) is 0 Å². The van der Waals surface area contributed by atoms with Crippen molar-refractivity contribution < 1.29 is 49.6 Å². The molecule has 34 heavy (non-hydrogen) atoms. The van der Waals surface area contributed by atoms with Crippen LogP contribution in [0.25, 0.3) is 0 Å². The molecule has 12 heteroatoms. The molecule has 1 N–H and O–H groups in total. The molecule has 0 bridgehead atoms. The second-order valence-electron chi connectivity index (χ2n) is 9.73. The van der Waals surface area contributed by atoms with E-state index in [9.17, 15) is 26.8 Å². The fourth-order valence-electron chi connectivity index (χ4n) is 5.33. The van der Waals surface area contributed by atoms with Crippen molar-refractivity contribution in [2.75, 3.05) is 0 Å². The van der Waals surface area contributed by atoms with Gasteiger partial charge < -0.3 is 9.47 Å². The van der Waals surface area contributed by atoms with Crippen molar-refractivity contribution in [3.8, 4) is 0 Å². The van der Waals surface area contributed by atoms with Crippen molar-refractivity contribution in [1.82, 2.24) is 0 Å². The van der Waals surface area contributed by atoms with E-state index in [2.05, 4.69) is 0 Å². The van der Waals surface area contributed by atoms with Crippen molar-refractivity contribution in [1.29, 1.82) is 0 Å². The fourth-order valence-corrected chi connectivity index (χ4v) is 5.83. The summed E-state index contributed by atoms with van der Waals surface area (Å²) in [7, 11) is -6.50. The van der Waals surface area contributed by atoms with Crippen LogP contribution >= 0.6 is 0 Å². The molecule has 196 valence electrons. The molecule has 0 aromatic carbocycles. The number of alkyl halides is 4. The summed E-state index contributed by atoms with van der Waals surface area (Å²) in [4.78, 5) is 25.4. The Morgan fingerprint density at radius 1 is 0.735 bits per heavy atom. The van der Waals surface area contributed by atoms with Crippen LogP contribution in [0, 0.1) is 17.8 Å². The van der Waals surface area contributed by atoms with Gasteiger partial charge in [0.05, 0.1) is 11.8 Å². The zero-order valence-corrected chi connectivity index (χ0v) is 19.7. The molecule has 0 amide bonds. The summed E-state index contributed by atoms with van der Waals surface area (Å²) >= 11 is 0. The second-order valence-corrected chi connectivity index (χ2v) is 11.2. The number of halogens is 4. The quantitative estimate of drug-likeness (QED) is 0.292. The number of hydrogen-bond donors (Lipinski definition) is 1. The van der Waals surface area contributed by atoms with E-state index in [4.69, 9.17) is 14.0 Å². The summed E-state index contributed by atoms with van der Waals surface area (Å²) < 4.78 is 100. The molecular weight excluding hydrogens is 484 g/mol. The number of hydrogen-bond acceptors (Lipinski definition) is 6. The highest BCUT2D eigenvalue weighted by Crippen LogP contribution is 2.52. The third-order valence-electron chi connectivity index (χ3n) is 7.33. The third-order valence-corrected chi connectivity index (χ3v) is 8.25. The molecule has 3 saturated carbocycles. The van der Waals surface area contributed by atoms with Gasteiger partial charge in [0.25, 0.3) is 0 Å². The Bertz CT molecular complexity index is 836. The Hall–Kier alpha value is -1.43. The van der Waals surface area contributed by atoms with Crippen LogP contribution < -0.4 is 0 Å². The van der Waals surface area contributed by atoms with E-state index >= 15 is 8.78 Å². The number of rotatable bonds is 7. The van der Waals surface area contributed by atoms with Gasteiger partial charge in [-0.1, -0.05) is 12.8 Å². The van der Waals surface area contributed by atoms with Gasteiger partial charge >= 0.3 is 33.2 Å². The highest BCUT2D eigenvalue weighted by Gasteiger charge is 2.71. The number of ether oxygens (including phenoxy) is 2. The van der Waals surface area contributed by atoms with Gasteiger partial charge in [-0.25, -0.2) is 0 Å². The lowest BCUT2D eigenvalue weighted by atomic mass is 9.71. The Morgan fingerprint density at radius 2 is 1.21 bits per heavy atom. The normalized spacial score (nSPS) is 28.3. The van der Waals surface area contributed by atoms with Crippen molar-refractivity contribution in [2.24, 2.45) is 17.8 Å². The summed E-state index contributed by atoms with van der Waals surface area (Å²) in [5.74, 6) is -12.7. The first kappa shape index (κ1) is 27.2. The van der Waals surface area contributed by atoms with Crippen molar-refractivity contribution in [2.45, 2.75) is 107 Å². The van der Waals surface area contributed by atoms with Crippen LogP contribution in [0.4, 0.5) is 17.6 Å². The van der Waals surface area contributed by atoms with Crippen LogP contribution in [0.5, 0.6) is 0 Å². The van der Waals surface area contributed by atoms with Crippen LogP contribution in [-0.2, 0) is 29.2 Å². The first-order chi connectivity index (χ1) is 15.8. The van der Waals surface area contributed by atoms with Gasteiger partial charge in [-0.3, -0.25) is 14.1 Å². The average Bonchev–Trinajstić information content (AvgIpc) is 2.79. The number of carbonyl (C=O) groups is 2. The monoisotopic (exact) mass is 516 g/mol. The van der Waals surface area contributed by atoms with Crippen LogP contribution in [0.1, 0.15) is 83.5 Å². The minimum Gasteiger partial charge on any atom is -0.462 e. The Kier molecular flexibility index (Phi) is 8.53. The zero-order valence-electron chi connectivity index (χ0n) is 18.9. The van der Waals surface area contributed by atoms with Gasteiger partial charge in [0, 0.05) is 5.92 Å². The second kappa shape index (κ2) is 10.7. The van der Waals surface area contributed by atoms with E-state index in [1.165, 1.54) is 0 Å². The maximum atomic E-state index is 15.0. The molecule has 7 nitrogen and oxygen atoms in total. The van der Waals surface area contributed by atoms with Crippen molar-refractivity contribution >= 4 is 22.1 Å². The summed E-state index contributed by atoms with van der Waals surface area (Å²) in [6, 6.07) is 0. The predicted octanol–water partition coefficient (Wildman–Crippen LogP) is 4.89. The maximum Gasteiger partial charge on any atom is 0.431 e. The summed E-state index contributed by atoms with van der Waals surface area (Å²) in [5, 5.41) is -5.84. The van der Waals surface area contributed by atoms with Crippen LogP contribution in [0.3, 0.4) is 0 Å². The maximum absolute atomic E-state index is 15.0. The molecular formula is C22H32F4O7S. The van der Waals surface area contributed by atoms with E-state index in [1.807, 2.05) is 0 Å². The average molecular weight is 517 g/mol. The molecule has 3 aliphatic rings. The Labute approximate surface area is 196 Å². The van der Waals surface area contributed by atoms with E-state index in [0.29, 0.717) is 25.7 Å². The molecule has 3 unspecified atom stereocenters. The van der Waals surface area contributed by atoms with E-state index < -0.39 is 63.5 Å².